The lowest BCUT2D eigenvalue weighted by molar-refractivity contribution is 0.714. The van der Waals surface area contributed by atoms with Crippen LogP contribution in [0.25, 0.3) is 43.8 Å². The zero-order chi connectivity index (χ0) is 31.4. The van der Waals surface area contributed by atoms with E-state index in [-0.39, 0.29) is 5.41 Å². The van der Waals surface area contributed by atoms with Crippen LogP contribution in [0.2, 0.25) is 0 Å². The lowest BCUT2D eigenvalue weighted by Gasteiger charge is -2.30. The fourth-order valence-electron chi connectivity index (χ4n) is 7.80. The van der Waals surface area contributed by atoms with Gasteiger partial charge in [0.05, 0.1) is 5.69 Å². The van der Waals surface area contributed by atoms with Crippen molar-refractivity contribution >= 4 is 38.6 Å². The predicted octanol–water partition coefficient (Wildman–Crippen LogP) is 12.5. The molecule has 1 aliphatic rings. The molecule has 0 saturated carbocycles. The Morgan fingerprint density at radius 1 is 0.426 bits per heavy atom. The van der Waals surface area contributed by atoms with E-state index in [2.05, 4.69) is 194 Å². The summed E-state index contributed by atoms with van der Waals surface area (Å²) in [5, 5.41) is 4.99. The van der Waals surface area contributed by atoms with Crippen LogP contribution in [0.3, 0.4) is 0 Å². The van der Waals surface area contributed by atoms with E-state index in [9.17, 15) is 0 Å². The third-order valence-corrected chi connectivity index (χ3v) is 10.1. The predicted molar refractivity (Wildman–Crippen MR) is 199 cm³/mol. The Morgan fingerprint density at radius 3 is 1.89 bits per heavy atom. The summed E-state index contributed by atoms with van der Waals surface area (Å²) in [6.45, 7) is 2.39. The molecule has 0 N–H and O–H groups in total. The molecule has 0 aliphatic heterocycles. The molecule has 222 valence electrons. The summed E-state index contributed by atoms with van der Waals surface area (Å²) in [6, 6.07) is 66.5. The van der Waals surface area contributed by atoms with Gasteiger partial charge in [-0.05, 0) is 92.2 Å². The van der Waals surface area contributed by atoms with E-state index >= 15 is 0 Å². The standard InChI is InChI=1S/C46H33N/c1-46(36-17-3-2-4-18-36)42-22-10-9-20-41(42)45-43(46)23-12-24-44(45)47(38-30-25-32-13-5-6-15-35(32)31-38)37-28-26-34(27-29-37)40-21-11-16-33-14-7-8-19-39(33)40/h2-31H,1H3. The van der Waals surface area contributed by atoms with Gasteiger partial charge in [-0.2, -0.15) is 0 Å². The highest BCUT2D eigenvalue weighted by Crippen LogP contribution is 2.56. The lowest BCUT2D eigenvalue weighted by Crippen LogP contribution is -2.22. The zero-order valence-electron chi connectivity index (χ0n) is 26.3. The van der Waals surface area contributed by atoms with Crippen LogP contribution in [0, 0.1) is 0 Å². The molecule has 8 aromatic carbocycles. The highest BCUT2D eigenvalue weighted by Gasteiger charge is 2.42. The van der Waals surface area contributed by atoms with Crippen LogP contribution in [0.4, 0.5) is 17.1 Å². The van der Waals surface area contributed by atoms with Gasteiger partial charge in [0.15, 0.2) is 0 Å². The Morgan fingerprint density at radius 2 is 1.04 bits per heavy atom. The fourth-order valence-corrected chi connectivity index (χ4v) is 7.80. The van der Waals surface area contributed by atoms with Crippen LogP contribution in [-0.2, 0) is 5.41 Å². The molecule has 0 amide bonds. The molecule has 1 nitrogen and oxygen atoms in total. The normalized spacial score (nSPS) is 15.0. The van der Waals surface area contributed by atoms with E-state index < -0.39 is 0 Å². The zero-order valence-corrected chi connectivity index (χ0v) is 26.3. The van der Waals surface area contributed by atoms with Crippen molar-refractivity contribution in [2.45, 2.75) is 12.3 Å². The van der Waals surface area contributed by atoms with Gasteiger partial charge in [-0.1, -0.05) is 152 Å². The molecule has 0 aromatic heterocycles. The van der Waals surface area contributed by atoms with E-state index in [1.807, 2.05) is 0 Å². The summed E-state index contributed by atoms with van der Waals surface area (Å²) < 4.78 is 0. The van der Waals surface area contributed by atoms with Crippen LogP contribution in [0.5, 0.6) is 0 Å². The molecule has 0 saturated heterocycles. The van der Waals surface area contributed by atoms with Gasteiger partial charge in [0.1, 0.15) is 0 Å². The Hall–Kier alpha value is -5.92. The van der Waals surface area contributed by atoms with Crippen molar-refractivity contribution in [1.82, 2.24) is 0 Å². The Kier molecular flexibility index (Phi) is 6.33. The second-order valence-electron chi connectivity index (χ2n) is 12.7. The van der Waals surface area contributed by atoms with Crippen molar-refractivity contribution < 1.29 is 0 Å². The van der Waals surface area contributed by atoms with E-state index in [0.29, 0.717) is 0 Å². The minimum absolute atomic E-state index is 0.267. The monoisotopic (exact) mass is 599 g/mol. The average molecular weight is 600 g/mol. The number of hydrogen-bond acceptors (Lipinski definition) is 1. The molecule has 1 heteroatoms. The number of fused-ring (bicyclic) bond motifs is 5. The summed E-state index contributed by atoms with van der Waals surface area (Å²) >= 11 is 0. The molecule has 0 heterocycles. The highest BCUT2D eigenvalue weighted by molar-refractivity contribution is 5.99. The van der Waals surface area contributed by atoms with Crippen molar-refractivity contribution in [3.8, 4) is 22.3 Å². The Labute approximate surface area is 276 Å². The molecule has 47 heavy (non-hydrogen) atoms. The quantitative estimate of drug-likeness (QED) is 0.190. The maximum Gasteiger partial charge on any atom is 0.0543 e. The molecule has 9 rings (SSSR count). The lowest BCUT2D eigenvalue weighted by atomic mass is 9.74. The van der Waals surface area contributed by atoms with Crippen LogP contribution in [0.1, 0.15) is 23.6 Å². The molecule has 0 radical (unpaired) electrons. The Bertz CT molecular complexity index is 2420. The van der Waals surface area contributed by atoms with Gasteiger partial charge >= 0.3 is 0 Å². The molecule has 0 spiro atoms. The van der Waals surface area contributed by atoms with E-state index in [0.717, 1.165) is 11.4 Å². The molecule has 1 atom stereocenters. The number of anilines is 3. The first-order chi connectivity index (χ1) is 23.2. The summed E-state index contributed by atoms with van der Waals surface area (Å²) in [5.74, 6) is 0. The van der Waals surface area contributed by atoms with Gasteiger partial charge in [0.2, 0.25) is 0 Å². The third kappa shape index (κ3) is 4.31. The van der Waals surface area contributed by atoms with Crippen LogP contribution in [-0.4, -0.2) is 0 Å². The molecule has 1 unspecified atom stereocenters. The second kappa shape index (κ2) is 10.9. The molecule has 0 fully saturated rings. The maximum atomic E-state index is 2.45. The third-order valence-electron chi connectivity index (χ3n) is 10.1. The number of hydrogen-bond donors (Lipinski definition) is 0. The largest absolute Gasteiger partial charge is 0.310 e. The summed E-state index contributed by atoms with van der Waals surface area (Å²) in [5.41, 5.74) is 12.2. The molecule has 1 aliphatic carbocycles. The second-order valence-corrected chi connectivity index (χ2v) is 12.7. The van der Waals surface area contributed by atoms with Gasteiger partial charge in [-0.3, -0.25) is 0 Å². The van der Waals surface area contributed by atoms with Gasteiger partial charge in [0.25, 0.3) is 0 Å². The van der Waals surface area contributed by atoms with Crippen molar-refractivity contribution in [2.75, 3.05) is 4.90 Å². The van der Waals surface area contributed by atoms with Gasteiger partial charge < -0.3 is 4.90 Å². The minimum Gasteiger partial charge on any atom is -0.310 e. The topological polar surface area (TPSA) is 3.24 Å². The van der Waals surface area contributed by atoms with Crippen LogP contribution in [0.15, 0.2) is 182 Å². The number of rotatable bonds is 5. The minimum atomic E-state index is -0.267. The van der Waals surface area contributed by atoms with Gasteiger partial charge in [0, 0.05) is 22.4 Å². The first kappa shape index (κ1) is 27.4. The number of benzene rings is 8. The van der Waals surface area contributed by atoms with Crippen LogP contribution >= 0.6 is 0 Å². The molecule has 8 aromatic rings. The first-order valence-corrected chi connectivity index (χ1v) is 16.4. The van der Waals surface area contributed by atoms with Crippen molar-refractivity contribution in [1.29, 1.82) is 0 Å². The molecular formula is C46H33N. The van der Waals surface area contributed by atoms with E-state index in [1.54, 1.807) is 0 Å². The molecule has 0 bridgehead atoms. The smallest absolute Gasteiger partial charge is 0.0543 e. The Balaban J connectivity index is 1.27. The van der Waals surface area contributed by atoms with Crippen molar-refractivity contribution in [2.24, 2.45) is 0 Å². The van der Waals surface area contributed by atoms with Crippen LogP contribution < -0.4 is 4.90 Å². The van der Waals surface area contributed by atoms with Crippen molar-refractivity contribution in [3.05, 3.63) is 199 Å². The van der Waals surface area contributed by atoms with Crippen molar-refractivity contribution in [3.63, 3.8) is 0 Å². The summed E-state index contributed by atoms with van der Waals surface area (Å²) in [7, 11) is 0. The number of nitrogens with zero attached hydrogens (tertiary/aromatic N) is 1. The summed E-state index contributed by atoms with van der Waals surface area (Å²) in [4.78, 5) is 2.45. The fraction of sp³-hybridized carbons (Fsp3) is 0.0435. The van der Waals surface area contributed by atoms with E-state index in [4.69, 9.17) is 0 Å². The maximum absolute atomic E-state index is 2.45. The van der Waals surface area contributed by atoms with Gasteiger partial charge in [-0.25, -0.2) is 0 Å². The summed E-state index contributed by atoms with van der Waals surface area (Å²) in [6.07, 6.45) is 0. The molecular weight excluding hydrogens is 567 g/mol. The first-order valence-electron chi connectivity index (χ1n) is 16.4. The van der Waals surface area contributed by atoms with Gasteiger partial charge in [-0.15, -0.1) is 0 Å². The highest BCUT2D eigenvalue weighted by atomic mass is 15.1. The van der Waals surface area contributed by atoms with E-state index in [1.165, 1.54) is 66.2 Å². The average Bonchev–Trinajstić information content (AvgIpc) is 3.41. The SMILES string of the molecule is CC1(c2ccccc2)c2ccccc2-c2c(N(c3ccc(-c4cccc5ccccc45)cc3)c3ccc4ccccc4c3)cccc21.